The number of carbonyl (C=O) groups excluding carboxylic acids is 1. The number of halogens is 8. The number of thiazole rings is 1. The summed E-state index contributed by atoms with van der Waals surface area (Å²) in [6.07, 6.45) is -11.8. The van der Waals surface area contributed by atoms with E-state index in [2.05, 4.69) is 10.3 Å². The van der Waals surface area contributed by atoms with Crippen molar-refractivity contribution < 1.29 is 36.2 Å². The van der Waals surface area contributed by atoms with Gasteiger partial charge in [-0.15, -0.1) is 11.3 Å². The fourth-order valence-corrected chi connectivity index (χ4v) is 4.14. The molecule has 2 N–H and O–H groups in total. The zero-order valence-corrected chi connectivity index (χ0v) is 18.4. The third-order valence-electron chi connectivity index (χ3n) is 4.56. The van der Waals surface area contributed by atoms with Crippen molar-refractivity contribution in [2.24, 2.45) is 0 Å². The molecule has 3 rings (SSSR count). The number of carbonyl (C=O) groups is 1. The van der Waals surface area contributed by atoms with Crippen molar-refractivity contribution >= 4 is 46.1 Å². The molecule has 0 unspecified atom stereocenters. The van der Waals surface area contributed by atoms with E-state index >= 15 is 0 Å². The minimum Gasteiger partial charge on any atom is -0.369 e. The van der Waals surface area contributed by atoms with Gasteiger partial charge in [-0.05, 0) is 29.8 Å². The van der Waals surface area contributed by atoms with Crippen molar-refractivity contribution in [1.29, 1.82) is 0 Å². The lowest BCUT2D eigenvalue weighted by atomic mass is 9.92. The number of rotatable bonds is 5. The van der Waals surface area contributed by atoms with Crippen LogP contribution < -0.4 is 5.32 Å². The molecule has 0 aliphatic heterocycles. The maximum absolute atomic E-state index is 13.0. The average Bonchev–Trinajstić information content (AvgIpc) is 3.18. The quantitative estimate of drug-likeness (QED) is 0.366. The summed E-state index contributed by atoms with van der Waals surface area (Å²) in [6.45, 7) is 0. The molecule has 0 spiro atoms. The summed E-state index contributed by atoms with van der Waals surface area (Å²) in [4.78, 5) is 16.5. The molecule has 0 fully saturated rings. The molecule has 0 aliphatic rings. The highest BCUT2D eigenvalue weighted by atomic mass is 35.5. The van der Waals surface area contributed by atoms with Crippen LogP contribution in [0, 0.1) is 0 Å². The zero-order chi connectivity index (χ0) is 24.6. The van der Waals surface area contributed by atoms with E-state index in [4.69, 9.17) is 23.2 Å². The molecule has 33 heavy (non-hydrogen) atoms. The summed E-state index contributed by atoms with van der Waals surface area (Å²) in [5.41, 5.74) is -6.00. The number of alkyl halides is 6. The second-order valence-electron chi connectivity index (χ2n) is 6.74. The molecule has 3 aromatic rings. The maximum atomic E-state index is 13.0. The predicted molar refractivity (Wildman–Crippen MR) is 112 cm³/mol. The number of nitrogens with zero attached hydrogens (tertiary/aromatic N) is 1. The first-order chi connectivity index (χ1) is 15.2. The zero-order valence-electron chi connectivity index (χ0n) is 16.1. The third-order valence-corrected chi connectivity index (χ3v) is 6.11. The van der Waals surface area contributed by atoms with E-state index in [1.165, 1.54) is 5.38 Å². The lowest BCUT2D eigenvalue weighted by Crippen LogP contribution is -2.53. The SMILES string of the molecule is O=C(Nc1ccc(C(O)(C(F)(F)F)C(F)(F)F)cc1)c1csc(Cc2c(Cl)cccc2Cl)n1. The van der Waals surface area contributed by atoms with Gasteiger partial charge in [-0.3, -0.25) is 4.79 Å². The first-order valence-electron chi connectivity index (χ1n) is 8.89. The van der Waals surface area contributed by atoms with Crippen molar-refractivity contribution in [2.45, 2.75) is 24.4 Å². The van der Waals surface area contributed by atoms with Crippen LogP contribution in [0.15, 0.2) is 47.8 Å². The third kappa shape index (κ3) is 5.11. The van der Waals surface area contributed by atoms with Crippen molar-refractivity contribution in [3.8, 4) is 0 Å². The number of hydrogen-bond acceptors (Lipinski definition) is 4. The summed E-state index contributed by atoms with van der Waals surface area (Å²) in [5.74, 6) is -0.739. The van der Waals surface area contributed by atoms with Gasteiger partial charge in [0.2, 0.25) is 0 Å². The molecular weight excluding hydrogens is 517 g/mol. The Morgan fingerprint density at radius 2 is 1.52 bits per heavy atom. The number of anilines is 1. The van der Waals surface area contributed by atoms with Crippen molar-refractivity contribution in [1.82, 2.24) is 4.98 Å². The molecule has 0 radical (unpaired) electrons. The van der Waals surface area contributed by atoms with E-state index in [9.17, 15) is 36.2 Å². The normalized spacial score (nSPS) is 12.6. The molecular formula is C20H12Cl2F6N2O2S. The van der Waals surface area contributed by atoms with E-state index in [1.807, 2.05) is 0 Å². The second kappa shape index (κ2) is 9.13. The fourth-order valence-electron chi connectivity index (χ4n) is 2.83. The molecule has 176 valence electrons. The Hall–Kier alpha value is -2.34. The van der Waals surface area contributed by atoms with Crippen molar-refractivity contribution in [3.05, 3.63) is 79.7 Å². The Balaban J connectivity index is 1.76. The van der Waals surface area contributed by atoms with Crippen LogP contribution in [0.1, 0.15) is 26.6 Å². The molecule has 2 aromatic carbocycles. The molecule has 13 heteroatoms. The highest BCUT2D eigenvalue weighted by Gasteiger charge is 2.71. The molecule has 0 atom stereocenters. The number of benzene rings is 2. The predicted octanol–water partition coefficient (Wildman–Crippen LogP) is 6.61. The second-order valence-corrected chi connectivity index (χ2v) is 8.50. The van der Waals surface area contributed by atoms with Gasteiger partial charge in [-0.25, -0.2) is 4.98 Å². The number of hydrogen-bond donors (Lipinski definition) is 2. The van der Waals surface area contributed by atoms with Crippen LogP contribution in [0.4, 0.5) is 32.0 Å². The number of amides is 1. The largest absolute Gasteiger partial charge is 0.430 e. The minimum absolute atomic E-state index is 0.0238. The van der Waals surface area contributed by atoms with Gasteiger partial charge in [0.25, 0.3) is 11.5 Å². The van der Waals surface area contributed by atoms with E-state index in [0.717, 1.165) is 23.5 Å². The molecule has 1 amide bonds. The summed E-state index contributed by atoms with van der Waals surface area (Å²) in [5, 5.41) is 14.5. The van der Waals surface area contributed by atoms with E-state index in [0.29, 0.717) is 32.7 Å². The summed E-state index contributed by atoms with van der Waals surface area (Å²) in [7, 11) is 0. The van der Waals surface area contributed by atoms with Gasteiger partial charge in [0.1, 0.15) is 5.69 Å². The first kappa shape index (κ1) is 25.3. The number of aromatic nitrogens is 1. The van der Waals surface area contributed by atoms with Crippen LogP contribution in [0.25, 0.3) is 0 Å². The van der Waals surface area contributed by atoms with Crippen LogP contribution in [-0.4, -0.2) is 28.4 Å². The van der Waals surface area contributed by atoms with E-state index in [1.54, 1.807) is 18.2 Å². The monoisotopic (exact) mass is 528 g/mol. The lowest BCUT2D eigenvalue weighted by molar-refractivity contribution is -0.376. The summed E-state index contributed by atoms with van der Waals surface area (Å²) < 4.78 is 77.8. The van der Waals surface area contributed by atoms with Gasteiger partial charge in [0.05, 0.1) is 5.01 Å². The lowest BCUT2D eigenvalue weighted by Gasteiger charge is -2.32. The summed E-state index contributed by atoms with van der Waals surface area (Å²) >= 11 is 13.4. The van der Waals surface area contributed by atoms with E-state index < -0.39 is 29.4 Å². The van der Waals surface area contributed by atoms with Crippen molar-refractivity contribution in [2.75, 3.05) is 5.32 Å². The molecule has 4 nitrogen and oxygen atoms in total. The van der Waals surface area contributed by atoms with Crippen LogP contribution in [0.2, 0.25) is 10.0 Å². The average molecular weight is 529 g/mol. The Kier molecular flexibility index (Phi) is 6.99. The van der Waals surface area contributed by atoms with Gasteiger partial charge in [-0.2, -0.15) is 26.3 Å². The Labute approximate surface area is 196 Å². The molecule has 0 saturated heterocycles. The maximum Gasteiger partial charge on any atom is 0.430 e. The first-order valence-corrected chi connectivity index (χ1v) is 10.5. The van der Waals surface area contributed by atoms with Crippen LogP contribution in [0.5, 0.6) is 0 Å². The number of aliphatic hydroxyl groups is 1. The molecule has 0 bridgehead atoms. The standard InChI is InChI=1S/C20H12Cl2F6N2O2S/c21-13-2-1-3-14(22)12(13)8-16-30-15(9-33-16)17(31)29-11-6-4-10(5-7-11)18(32,19(23,24)25)20(26,27)28/h1-7,9,32H,8H2,(H,29,31). The van der Waals surface area contributed by atoms with E-state index in [-0.39, 0.29) is 17.8 Å². The minimum atomic E-state index is -6.00. The van der Waals surface area contributed by atoms with Crippen LogP contribution >= 0.6 is 34.5 Å². The molecule has 1 aromatic heterocycles. The Morgan fingerprint density at radius 3 is 2.03 bits per heavy atom. The van der Waals surface area contributed by atoms with Gasteiger partial charge in [0, 0.05) is 33.1 Å². The smallest absolute Gasteiger partial charge is 0.369 e. The molecule has 0 saturated carbocycles. The van der Waals surface area contributed by atoms with Gasteiger partial charge < -0.3 is 10.4 Å². The summed E-state index contributed by atoms with van der Waals surface area (Å²) in [6, 6.07) is 7.45. The molecule has 1 heterocycles. The fraction of sp³-hybridized carbons (Fsp3) is 0.200. The van der Waals surface area contributed by atoms with Crippen LogP contribution in [0.3, 0.4) is 0 Å². The Bertz CT molecular complexity index is 1130. The highest BCUT2D eigenvalue weighted by molar-refractivity contribution is 7.09. The Morgan fingerprint density at radius 1 is 0.970 bits per heavy atom. The topological polar surface area (TPSA) is 62.2 Å². The van der Waals surface area contributed by atoms with Gasteiger partial charge in [0.15, 0.2) is 0 Å². The van der Waals surface area contributed by atoms with Gasteiger partial charge >= 0.3 is 12.4 Å². The number of nitrogens with one attached hydrogen (secondary N) is 1. The molecule has 0 aliphatic carbocycles. The highest BCUT2D eigenvalue weighted by Crippen LogP contribution is 2.50. The van der Waals surface area contributed by atoms with Crippen LogP contribution in [-0.2, 0) is 12.0 Å². The van der Waals surface area contributed by atoms with Gasteiger partial charge in [-0.1, -0.05) is 41.4 Å². The van der Waals surface area contributed by atoms with Crippen molar-refractivity contribution in [3.63, 3.8) is 0 Å².